The summed E-state index contributed by atoms with van der Waals surface area (Å²) in [7, 11) is -2.47. The van der Waals surface area contributed by atoms with Crippen LogP contribution in [0.5, 0.6) is 5.75 Å². The van der Waals surface area contributed by atoms with Crippen LogP contribution < -0.4 is 4.74 Å². The monoisotopic (exact) mass is 333 g/mol. The van der Waals surface area contributed by atoms with Gasteiger partial charge in [-0.3, -0.25) is 4.79 Å². The predicted molar refractivity (Wildman–Crippen MR) is 77.1 cm³/mol. The van der Waals surface area contributed by atoms with Crippen molar-refractivity contribution in [1.29, 1.82) is 0 Å². The van der Waals surface area contributed by atoms with E-state index in [1.54, 1.807) is 6.92 Å². The third kappa shape index (κ3) is 2.86. The molecule has 0 spiro atoms. The highest BCUT2D eigenvalue weighted by molar-refractivity contribution is 7.89. The van der Waals surface area contributed by atoms with Gasteiger partial charge in [-0.1, -0.05) is 18.5 Å². The molecule has 2 atom stereocenters. The van der Waals surface area contributed by atoms with Crippen LogP contribution in [0.2, 0.25) is 5.02 Å². The van der Waals surface area contributed by atoms with E-state index in [0.29, 0.717) is 12.2 Å². The van der Waals surface area contributed by atoms with Gasteiger partial charge in [0.15, 0.2) is 0 Å². The van der Waals surface area contributed by atoms with E-state index in [1.807, 2.05) is 0 Å². The molecule has 1 aliphatic heterocycles. The van der Waals surface area contributed by atoms with Crippen molar-refractivity contribution in [2.45, 2.75) is 24.3 Å². The summed E-state index contributed by atoms with van der Waals surface area (Å²) in [6.07, 6.45) is 0.514. The van der Waals surface area contributed by atoms with Gasteiger partial charge < -0.3 is 9.84 Å². The van der Waals surface area contributed by atoms with Crippen molar-refractivity contribution >= 4 is 27.6 Å². The zero-order valence-corrected chi connectivity index (χ0v) is 13.2. The van der Waals surface area contributed by atoms with Gasteiger partial charge in [-0.2, -0.15) is 4.31 Å². The van der Waals surface area contributed by atoms with Crippen molar-refractivity contribution < 1.29 is 23.1 Å². The Hall–Kier alpha value is -1.31. The van der Waals surface area contributed by atoms with Gasteiger partial charge in [0.05, 0.1) is 17.0 Å². The van der Waals surface area contributed by atoms with Crippen molar-refractivity contribution in [2.75, 3.05) is 13.7 Å². The Balaban J connectivity index is 2.42. The summed E-state index contributed by atoms with van der Waals surface area (Å²) in [5.41, 5.74) is 0. The molecule has 116 valence electrons. The molecule has 0 radical (unpaired) electrons. The number of carboxylic acid groups (broad SMARTS) is 1. The SMILES string of the molecule is COc1ccc(S(=O)(=O)N2CCC(C)C2C(=O)O)cc1Cl. The fraction of sp³-hybridized carbons (Fsp3) is 0.462. The smallest absolute Gasteiger partial charge is 0.322 e. The Kier molecular flexibility index (Phi) is 4.46. The standard InChI is InChI=1S/C13H16ClNO5S/c1-8-5-6-15(12(8)13(16)17)21(18,19)9-3-4-11(20-2)10(14)7-9/h3-4,7-8,12H,5-6H2,1-2H3,(H,16,17). The molecule has 1 saturated heterocycles. The molecular weight excluding hydrogens is 318 g/mol. The molecule has 0 bridgehead atoms. The molecule has 0 saturated carbocycles. The molecule has 1 aliphatic rings. The number of benzene rings is 1. The summed E-state index contributed by atoms with van der Waals surface area (Å²) in [5, 5.41) is 9.41. The first-order valence-electron chi connectivity index (χ1n) is 6.37. The molecule has 1 fully saturated rings. The Morgan fingerprint density at radius 2 is 2.14 bits per heavy atom. The molecule has 0 amide bonds. The predicted octanol–water partition coefficient (Wildman–Crippen LogP) is 1.83. The van der Waals surface area contributed by atoms with Gasteiger partial charge in [0, 0.05) is 6.54 Å². The highest BCUT2D eigenvalue weighted by atomic mass is 35.5. The average Bonchev–Trinajstić information content (AvgIpc) is 2.81. The lowest BCUT2D eigenvalue weighted by atomic mass is 10.0. The van der Waals surface area contributed by atoms with Crippen LogP contribution in [-0.2, 0) is 14.8 Å². The average molecular weight is 334 g/mol. The van der Waals surface area contributed by atoms with Gasteiger partial charge in [0.1, 0.15) is 11.8 Å². The summed E-state index contributed by atoms with van der Waals surface area (Å²) in [6.45, 7) is 1.92. The molecule has 21 heavy (non-hydrogen) atoms. The molecule has 2 rings (SSSR count). The van der Waals surface area contributed by atoms with Gasteiger partial charge in [-0.25, -0.2) is 8.42 Å². The first-order chi connectivity index (χ1) is 9.78. The summed E-state index contributed by atoms with van der Waals surface area (Å²) < 4.78 is 31.2. The van der Waals surface area contributed by atoms with Gasteiger partial charge in [0.25, 0.3) is 0 Å². The molecule has 1 aromatic carbocycles. The fourth-order valence-electron chi connectivity index (χ4n) is 2.49. The van der Waals surface area contributed by atoms with Gasteiger partial charge in [0.2, 0.25) is 10.0 Å². The van der Waals surface area contributed by atoms with E-state index in [-0.39, 0.29) is 22.4 Å². The molecular formula is C13H16ClNO5S. The lowest BCUT2D eigenvalue weighted by Gasteiger charge is -2.23. The number of aliphatic carboxylic acids is 1. The number of carboxylic acids is 1. The largest absolute Gasteiger partial charge is 0.495 e. The maximum atomic E-state index is 12.6. The van der Waals surface area contributed by atoms with Crippen LogP contribution >= 0.6 is 11.6 Å². The number of carbonyl (C=O) groups is 1. The van der Waals surface area contributed by atoms with Crippen LogP contribution in [0.25, 0.3) is 0 Å². The Morgan fingerprint density at radius 1 is 1.48 bits per heavy atom. The zero-order chi connectivity index (χ0) is 15.8. The molecule has 0 aromatic heterocycles. The number of hydrogen-bond donors (Lipinski definition) is 1. The maximum absolute atomic E-state index is 12.6. The molecule has 2 unspecified atom stereocenters. The lowest BCUT2D eigenvalue weighted by Crippen LogP contribution is -2.42. The number of methoxy groups -OCH3 is 1. The molecule has 1 N–H and O–H groups in total. The third-order valence-electron chi connectivity index (χ3n) is 3.64. The Bertz CT molecular complexity index is 661. The minimum Gasteiger partial charge on any atom is -0.495 e. The molecule has 6 nitrogen and oxygen atoms in total. The summed E-state index contributed by atoms with van der Waals surface area (Å²) in [4.78, 5) is 11.3. The normalized spacial score (nSPS) is 23.2. The molecule has 1 heterocycles. The van der Waals surface area contributed by atoms with Crippen molar-refractivity contribution in [3.05, 3.63) is 23.2 Å². The highest BCUT2D eigenvalue weighted by Gasteiger charge is 2.43. The van der Waals surface area contributed by atoms with Crippen molar-refractivity contribution in [3.63, 3.8) is 0 Å². The fourth-order valence-corrected chi connectivity index (χ4v) is 4.53. The van der Waals surface area contributed by atoms with Gasteiger partial charge >= 0.3 is 5.97 Å². The number of halogens is 1. The van der Waals surface area contributed by atoms with Crippen LogP contribution in [0, 0.1) is 5.92 Å². The number of nitrogens with zero attached hydrogens (tertiary/aromatic N) is 1. The number of rotatable bonds is 4. The summed E-state index contributed by atoms with van der Waals surface area (Å²) in [6, 6.07) is 3.04. The van der Waals surface area contributed by atoms with E-state index in [0.717, 1.165) is 4.31 Å². The van der Waals surface area contributed by atoms with Gasteiger partial charge in [-0.05, 0) is 30.5 Å². The second kappa shape index (κ2) is 5.82. The topological polar surface area (TPSA) is 83.9 Å². The van der Waals surface area contributed by atoms with E-state index < -0.39 is 22.0 Å². The second-order valence-electron chi connectivity index (χ2n) is 4.96. The van der Waals surface area contributed by atoms with Crippen LogP contribution in [0.4, 0.5) is 0 Å². The van der Waals surface area contributed by atoms with Crippen molar-refractivity contribution in [3.8, 4) is 5.75 Å². The lowest BCUT2D eigenvalue weighted by molar-refractivity contribution is -0.141. The van der Waals surface area contributed by atoms with Gasteiger partial charge in [-0.15, -0.1) is 0 Å². The number of ether oxygens (including phenoxy) is 1. The van der Waals surface area contributed by atoms with E-state index in [9.17, 15) is 18.3 Å². The first kappa shape index (κ1) is 16.1. The minimum absolute atomic E-state index is 0.0337. The van der Waals surface area contributed by atoms with E-state index in [4.69, 9.17) is 16.3 Å². The maximum Gasteiger partial charge on any atom is 0.322 e. The number of hydrogen-bond acceptors (Lipinski definition) is 4. The van der Waals surface area contributed by atoms with E-state index in [2.05, 4.69) is 0 Å². The molecule has 1 aromatic rings. The number of sulfonamides is 1. The van der Waals surface area contributed by atoms with E-state index in [1.165, 1.54) is 25.3 Å². The zero-order valence-electron chi connectivity index (χ0n) is 11.6. The van der Waals surface area contributed by atoms with Crippen molar-refractivity contribution in [1.82, 2.24) is 4.31 Å². The summed E-state index contributed by atoms with van der Waals surface area (Å²) in [5.74, 6) is -1.01. The minimum atomic E-state index is -3.90. The molecule has 0 aliphatic carbocycles. The van der Waals surface area contributed by atoms with Crippen molar-refractivity contribution in [2.24, 2.45) is 5.92 Å². The molecule has 8 heteroatoms. The van der Waals surface area contributed by atoms with Crippen LogP contribution in [-0.4, -0.2) is 43.5 Å². The Morgan fingerprint density at radius 3 is 2.67 bits per heavy atom. The second-order valence-corrected chi connectivity index (χ2v) is 7.26. The Labute approximate surface area is 128 Å². The van der Waals surface area contributed by atoms with E-state index >= 15 is 0 Å². The van der Waals surface area contributed by atoms with Crippen LogP contribution in [0.1, 0.15) is 13.3 Å². The van der Waals surface area contributed by atoms with Crippen LogP contribution in [0.3, 0.4) is 0 Å². The highest BCUT2D eigenvalue weighted by Crippen LogP contribution is 2.33. The van der Waals surface area contributed by atoms with Crippen LogP contribution in [0.15, 0.2) is 23.1 Å². The third-order valence-corrected chi connectivity index (χ3v) is 5.81. The quantitative estimate of drug-likeness (QED) is 0.908. The first-order valence-corrected chi connectivity index (χ1v) is 8.19. The summed E-state index contributed by atoms with van der Waals surface area (Å²) >= 11 is 5.95.